The minimum Gasteiger partial charge on any atom is -0.340 e. The molecule has 1 aliphatic rings. The van der Waals surface area contributed by atoms with Crippen LogP contribution in [0.25, 0.3) is 0 Å². The lowest BCUT2D eigenvalue weighted by Gasteiger charge is -2.34. The molecule has 3 rings (SSSR count). The Balaban J connectivity index is 1.42. The number of thiophene rings is 1. The Kier molecular flexibility index (Phi) is 5.46. The van der Waals surface area contributed by atoms with E-state index in [2.05, 4.69) is 27.5 Å². The molecule has 1 aliphatic heterocycles. The van der Waals surface area contributed by atoms with Gasteiger partial charge in [-0.25, -0.2) is 0 Å². The molecule has 23 heavy (non-hydrogen) atoms. The third kappa shape index (κ3) is 4.42. The average molecular weight is 332 g/mol. The van der Waals surface area contributed by atoms with E-state index in [1.165, 1.54) is 4.88 Å². The highest BCUT2D eigenvalue weighted by atomic mass is 32.1. The number of amides is 1. The van der Waals surface area contributed by atoms with Gasteiger partial charge < -0.3 is 4.90 Å². The standard InChI is InChI=1S/C17H24N4OS/c1-2-21-8-5-15(18-21)14-17(22)20-11-9-19(10-12-20)7-6-16-4-3-13-23-16/h3-5,8,13H,2,6-7,9-12,14H2,1H3. The number of aryl methyl sites for hydroxylation is 1. The second kappa shape index (κ2) is 7.75. The van der Waals surface area contributed by atoms with Gasteiger partial charge in [0.1, 0.15) is 0 Å². The van der Waals surface area contributed by atoms with Crippen LogP contribution in [-0.4, -0.2) is 58.2 Å². The van der Waals surface area contributed by atoms with Gasteiger partial charge in [0.15, 0.2) is 0 Å². The third-order valence-corrected chi connectivity index (χ3v) is 5.27. The maximum absolute atomic E-state index is 12.4. The summed E-state index contributed by atoms with van der Waals surface area (Å²) < 4.78 is 1.87. The zero-order chi connectivity index (χ0) is 16.1. The van der Waals surface area contributed by atoms with Crippen LogP contribution < -0.4 is 0 Å². The second-order valence-corrected chi connectivity index (χ2v) is 6.92. The van der Waals surface area contributed by atoms with E-state index < -0.39 is 0 Å². The zero-order valence-corrected chi connectivity index (χ0v) is 14.5. The molecule has 124 valence electrons. The Morgan fingerprint density at radius 2 is 2.09 bits per heavy atom. The average Bonchev–Trinajstić information content (AvgIpc) is 3.25. The molecule has 2 aromatic rings. The van der Waals surface area contributed by atoms with E-state index in [0.717, 1.165) is 51.4 Å². The van der Waals surface area contributed by atoms with Gasteiger partial charge in [-0.15, -0.1) is 11.3 Å². The Morgan fingerprint density at radius 3 is 2.74 bits per heavy atom. The molecular weight excluding hydrogens is 308 g/mol. The fraction of sp³-hybridized carbons (Fsp3) is 0.529. The van der Waals surface area contributed by atoms with E-state index in [0.29, 0.717) is 6.42 Å². The number of carbonyl (C=O) groups is 1. The van der Waals surface area contributed by atoms with Crippen molar-refractivity contribution in [3.8, 4) is 0 Å². The molecule has 0 unspecified atom stereocenters. The lowest BCUT2D eigenvalue weighted by Crippen LogP contribution is -2.49. The van der Waals surface area contributed by atoms with Crippen molar-refractivity contribution in [1.82, 2.24) is 19.6 Å². The number of nitrogens with zero attached hydrogens (tertiary/aromatic N) is 4. The Morgan fingerprint density at radius 1 is 1.26 bits per heavy atom. The molecule has 0 radical (unpaired) electrons. The van der Waals surface area contributed by atoms with Crippen molar-refractivity contribution in [2.24, 2.45) is 0 Å². The van der Waals surface area contributed by atoms with Crippen LogP contribution in [0.5, 0.6) is 0 Å². The molecule has 6 heteroatoms. The highest BCUT2D eigenvalue weighted by Crippen LogP contribution is 2.11. The van der Waals surface area contributed by atoms with E-state index in [4.69, 9.17) is 0 Å². The van der Waals surface area contributed by atoms with E-state index >= 15 is 0 Å². The van der Waals surface area contributed by atoms with Crippen LogP contribution in [0.2, 0.25) is 0 Å². The first-order valence-electron chi connectivity index (χ1n) is 8.29. The van der Waals surface area contributed by atoms with E-state index in [1.807, 2.05) is 40.1 Å². The number of rotatable bonds is 6. The lowest BCUT2D eigenvalue weighted by molar-refractivity contribution is -0.132. The molecule has 0 atom stereocenters. The van der Waals surface area contributed by atoms with E-state index in [1.54, 1.807) is 0 Å². The van der Waals surface area contributed by atoms with Crippen molar-refractivity contribution in [3.05, 3.63) is 40.3 Å². The molecule has 3 heterocycles. The van der Waals surface area contributed by atoms with Crippen LogP contribution in [-0.2, 0) is 24.2 Å². The summed E-state index contributed by atoms with van der Waals surface area (Å²) >= 11 is 1.82. The summed E-state index contributed by atoms with van der Waals surface area (Å²) in [6.07, 6.45) is 3.47. The fourth-order valence-electron chi connectivity index (χ4n) is 2.88. The number of piperazine rings is 1. The van der Waals surface area contributed by atoms with Crippen LogP contribution in [0.4, 0.5) is 0 Å². The minimum atomic E-state index is 0.198. The molecule has 5 nitrogen and oxygen atoms in total. The maximum atomic E-state index is 12.4. The number of aromatic nitrogens is 2. The molecule has 0 aliphatic carbocycles. The minimum absolute atomic E-state index is 0.198. The fourth-order valence-corrected chi connectivity index (χ4v) is 3.58. The van der Waals surface area contributed by atoms with Crippen molar-refractivity contribution < 1.29 is 4.79 Å². The van der Waals surface area contributed by atoms with Crippen molar-refractivity contribution >= 4 is 17.2 Å². The molecule has 0 aromatic carbocycles. The quantitative estimate of drug-likeness (QED) is 0.811. The first-order chi connectivity index (χ1) is 11.2. The molecule has 0 N–H and O–H groups in total. The predicted molar refractivity (Wildman–Crippen MR) is 92.6 cm³/mol. The summed E-state index contributed by atoms with van der Waals surface area (Å²) in [4.78, 5) is 18.2. The number of hydrogen-bond donors (Lipinski definition) is 0. The van der Waals surface area contributed by atoms with Gasteiger partial charge in [-0.2, -0.15) is 5.10 Å². The lowest BCUT2D eigenvalue weighted by atomic mass is 10.2. The first-order valence-corrected chi connectivity index (χ1v) is 9.17. The van der Waals surface area contributed by atoms with Gasteiger partial charge in [0.25, 0.3) is 0 Å². The van der Waals surface area contributed by atoms with Gasteiger partial charge in [0, 0.05) is 50.3 Å². The Labute approximate surface area is 141 Å². The van der Waals surface area contributed by atoms with Crippen LogP contribution in [0.3, 0.4) is 0 Å². The zero-order valence-electron chi connectivity index (χ0n) is 13.6. The molecule has 1 amide bonds. The maximum Gasteiger partial charge on any atom is 0.228 e. The number of hydrogen-bond acceptors (Lipinski definition) is 4. The van der Waals surface area contributed by atoms with Crippen LogP contribution in [0.1, 0.15) is 17.5 Å². The van der Waals surface area contributed by atoms with E-state index in [-0.39, 0.29) is 5.91 Å². The van der Waals surface area contributed by atoms with Crippen molar-refractivity contribution in [3.63, 3.8) is 0 Å². The number of carbonyl (C=O) groups excluding carboxylic acids is 1. The van der Waals surface area contributed by atoms with Gasteiger partial charge in [0.05, 0.1) is 12.1 Å². The molecule has 1 saturated heterocycles. The summed E-state index contributed by atoms with van der Waals surface area (Å²) in [5, 5.41) is 6.53. The van der Waals surface area contributed by atoms with Crippen molar-refractivity contribution in [2.75, 3.05) is 32.7 Å². The van der Waals surface area contributed by atoms with Crippen LogP contribution >= 0.6 is 11.3 Å². The van der Waals surface area contributed by atoms with Gasteiger partial charge in [-0.3, -0.25) is 14.4 Å². The second-order valence-electron chi connectivity index (χ2n) is 5.89. The predicted octanol–water partition coefficient (Wildman–Crippen LogP) is 1.89. The summed E-state index contributed by atoms with van der Waals surface area (Å²) in [6.45, 7) is 7.59. The van der Waals surface area contributed by atoms with Crippen molar-refractivity contribution in [2.45, 2.75) is 26.3 Å². The van der Waals surface area contributed by atoms with Crippen LogP contribution in [0, 0.1) is 0 Å². The summed E-state index contributed by atoms with van der Waals surface area (Å²) in [6, 6.07) is 6.25. The van der Waals surface area contributed by atoms with Gasteiger partial charge in [0.2, 0.25) is 5.91 Å². The highest BCUT2D eigenvalue weighted by molar-refractivity contribution is 7.09. The summed E-state index contributed by atoms with van der Waals surface area (Å²) in [5.74, 6) is 0.198. The summed E-state index contributed by atoms with van der Waals surface area (Å²) in [5.41, 5.74) is 0.872. The molecule has 0 spiro atoms. The van der Waals surface area contributed by atoms with E-state index in [9.17, 15) is 4.79 Å². The van der Waals surface area contributed by atoms with Gasteiger partial charge >= 0.3 is 0 Å². The Hall–Kier alpha value is -1.66. The molecule has 1 fully saturated rings. The topological polar surface area (TPSA) is 41.4 Å². The molecule has 0 bridgehead atoms. The monoisotopic (exact) mass is 332 g/mol. The highest BCUT2D eigenvalue weighted by Gasteiger charge is 2.21. The SMILES string of the molecule is CCn1ccc(CC(=O)N2CCN(CCc3cccs3)CC2)n1. The first kappa shape index (κ1) is 16.2. The third-order valence-electron chi connectivity index (χ3n) is 4.33. The Bertz CT molecular complexity index is 614. The van der Waals surface area contributed by atoms with Gasteiger partial charge in [-0.1, -0.05) is 6.07 Å². The molecule has 2 aromatic heterocycles. The van der Waals surface area contributed by atoms with Crippen LogP contribution in [0.15, 0.2) is 29.8 Å². The molecule has 0 saturated carbocycles. The van der Waals surface area contributed by atoms with Crippen molar-refractivity contribution in [1.29, 1.82) is 0 Å². The smallest absolute Gasteiger partial charge is 0.228 e. The van der Waals surface area contributed by atoms with Gasteiger partial charge in [-0.05, 0) is 30.9 Å². The normalized spacial score (nSPS) is 16.0. The summed E-state index contributed by atoms with van der Waals surface area (Å²) in [7, 11) is 0. The largest absolute Gasteiger partial charge is 0.340 e. The molecular formula is C17H24N4OS.